The van der Waals surface area contributed by atoms with Gasteiger partial charge < -0.3 is 14.7 Å². The zero-order chi connectivity index (χ0) is 19.7. The van der Waals surface area contributed by atoms with Crippen molar-refractivity contribution in [3.8, 4) is 0 Å². The largest absolute Gasteiger partial charge is 0.490 e. The number of ether oxygens (including phenoxy) is 1. The summed E-state index contributed by atoms with van der Waals surface area (Å²) >= 11 is 0. The minimum Gasteiger partial charge on any atom is -0.475 e. The van der Waals surface area contributed by atoms with Gasteiger partial charge in [-0.05, 0) is 39.3 Å². The van der Waals surface area contributed by atoms with Crippen LogP contribution in [0.5, 0.6) is 0 Å². The maximum atomic E-state index is 12.3. The van der Waals surface area contributed by atoms with Crippen molar-refractivity contribution >= 4 is 16.0 Å². The number of piperidine rings is 1. The van der Waals surface area contributed by atoms with Crippen LogP contribution < -0.4 is 0 Å². The third-order valence-electron chi connectivity index (χ3n) is 4.86. The second-order valence-electron chi connectivity index (χ2n) is 7.25. The van der Waals surface area contributed by atoms with Crippen LogP contribution in [0.25, 0.3) is 0 Å². The molecule has 3 fully saturated rings. The number of fused-ring (bicyclic) bond motifs is 1. The zero-order valence-corrected chi connectivity index (χ0v) is 15.6. The summed E-state index contributed by atoms with van der Waals surface area (Å²) in [5.41, 5.74) is 0. The highest BCUT2D eigenvalue weighted by molar-refractivity contribution is 7.90. The van der Waals surface area contributed by atoms with Crippen molar-refractivity contribution in [2.45, 2.75) is 36.8 Å². The van der Waals surface area contributed by atoms with Gasteiger partial charge in [-0.2, -0.15) is 13.2 Å². The smallest absolute Gasteiger partial charge is 0.475 e. The molecule has 26 heavy (non-hydrogen) atoms. The van der Waals surface area contributed by atoms with E-state index in [1.165, 1.54) is 0 Å². The Hall–Kier alpha value is -0.910. The average molecular weight is 402 g/mol. The molecule has 2 heterocycles. The van der Waals surface area contributed by atoms with Crippen LogP contribution in [-0.2, 0) is 19.6 Å². The van der Waals surface area contributed by atoms with E-state index in [1.54, 1.807) is 4.31 Å². The molecule has 3 atom stereocenters. The summed E-state index contributed by atoms with van der Waals surface area (Å²) in [4.78, 5) is 11.0. The zero-order valence-electron chi connectivity index (χ0n) is 14.8. The van der Waals surface area contributed by atoms with Crippen molar-refractivity contribution in [3.05, 3.63) is 0 Å². The fourth-order valence-corrected chi connectivity index (χ4v) is 5.25. The standard InChI is InChI=1S/C13H24N2O3S.C2HF3O2/c1-14(2)8-13-12-7-15(6-5-10(12)9-18-13)19(16,17)11-3-4-11;3-2(4,5)1(6)7/h10-13H,3-9H2,1-2H3;(H,6,7)/t10-,12-,13+;/m0./s1. The first-order valence-corrected chi connectivity index (χ1v) is 9.98. The van der Waals surface area contributed by atoms with Crippen LogP contribution in [-0.4, -0.2) is 86.6 Å². The third-order valence-corrected chi connectivity index (χ3v) is 7.23. The van der Waals surface area contributed by atoms with Gasteiger partial charge in [-0.15, -0.1) is 0 Å². The molecule has 3 aliphatic rings. The number of sulfonamides is 1. The van der Waals surface area contributed by atoms with Crippen LogP contribution in [0.3, 0.4) is 0 Å². The molecule has 0 spiro atoms. The highest BCUT2D eigenvalue weighted by Gasteiger charge is 2.47. The highest BCUT2D eigenvalue weighted by Crippen LogP contribution is 2.38. The second-order valence-corrected chi connectivity index (χ2v) is 9.46. The molecule has 2 saturated heterocycles. The SMILES string of the molecule is CN(C)C[C@H]1OC[C@@H]2CCN(S(=O)(=O)C3CC3)C[C@@H]21.O=C(O)C(F)(F)F. The fraction of sp³-hybridized carbons (Fsp3) is 0.933. The molecule has 0 radical (unpaired) electrons. The maximum absolute atomic E-state index is 12.3. The van der Waals surface area contributed by atoms with E-state index in [9.17, 15) is 21.6 Å². The Morgan fingerprint density at radius 3 is 2.31 bits per heavy atom. The summed E-state index contributed by atoms with van der Waals surface area (Å²) in [6, 6.07) is 0. The number of carboxylic acid groups (broad SMARTS) is 1. The van der Waals surface area contributed by atoms with Gasteiger partial charge in [0, 0.05) is 25.6 Å². The molecule has 11 heteroatoms. The third kappa shape index (κ3) is 5.30. The van der Waals surface area contributed by atoms with Crippen LogP contribution in [0.2, 0.25) is 0 Å². The molecule has 1 N–H and O–H groups in total. The molecule has 0 amide bonds. The predicted octanol–water partition coefficient (Wildman–Crippen LogP) is 1.01. The van der Waals surface area contributed by atoms with Crippen molar-refractivity contribution in [1.29, 1.82) is 0 Å². The molecule has 0 aromatic carbocycles. The highest BCUT2D eigenvalue weighted by atomic mass is 32.2. The van der Waals surface area contributed by atoms with Crippen molar-refractivity contribution in [1.82, 2.24) is 9.21 Å². The molecule has 3 rings (SSSR count). The van der Waals surface area contributed by atoms with Gasteiger partial charge in [0.05, 0.1) is 18.0 Å². The number of likely N-dealkylation sites (N-methyl/N-ethyl adjacent to an activating group) is 1. The molecule has 2 aliphatic heterocycles. The number of carboxylic acids is 1. The number of nitrogens with zero attached hydrogens (tertiary/aromatic N) is 2. The lowest BCUT2D eigenvalue weighted by Gasteiger charge is -2.35. The van der Waals surface area contributed by atoms with Crippen molar-refractivity contribution in [2.24, 2.45) is 11.8 Å². The van der Waals surface area contributed by atoms with Gasteiger partial charge in [-0.1, -0.05) is 0 Å². The molecule has 0 bridgehead atoms. The molecule has 152 valence electrons. The summed E-state index contributed by atoms with van der Waals surface area (Å²) in [6.45, 7) is 3.05. The van der Waals surface area contributed by atoms with Gasteiger partial charge in [0.1, 0.15) is 0 Å². The Morgan fingerprint density at radius 1 is 1.27 bits per heavy atom. The normalized spacial score (nSPS) is 29.8. The van der Waals surface area contributed by atoms with E-state index >= 15 is 0 Å². The summed E-state index contributed by atoms with van der Waals surface area (Å²) in [6.07, 6.45) is -2.23. The van der Waals surface area contributed by atoms with E-state index in [2.05, 4.69) is 4.90 Å². The number of halogens is 3. The van der Waals surface area contributed by atoms with Gasteiger partial charge >= 0.3 is 12.1 Å². The summed E-state index contributed by atoms with van der Waals surface area (Å²) in [5.74, 6) is -1.83. The van der Waals surface area contributed by atoms with E-state index in [0.717, 1.165) is 32.4 Å². The Labute approximate surface area is 151 Å². The number of hydrogen-bond donors (Lipinski definition) is 1. The molecule has 7 nitrogen and oxygen atoms in total. The van der Waals surface area contributed by atoms with Gasteiger partial charge in [0.25, 0.3) is 0 Å². The molecular formula is C15H25F3N2O5S. The van der Waals surface area contributed by atoms with Crippen LogP contribution in [0.4, 0.5) is 13.2 Å². The van der Waals surface area contributed by atoms with Gasteiger partial charge in [0.2, 0.25) is 10.0 Å². The summed E-state index contributed by atoms with van der Waals surface area (Å²) in [7, 11) is 1.06. The number of rotatable bonds is 4. The van der Waals surface area contributed by atoms with Gasteiger partial charge in [-0.25, -0.2) is 17.5 Å². The predicted molar refractivity (Wildman–Crippen MR) is 87.1 cm³/mol. The quantitative estimate of drug-likeness (QED) is 0.755. The number of aliphatic carboxylic acids is 1. The Bertz CT molecular complexity index is 607. The van der Waals surface area contributed by atoms with Gasteiger partial charge in [0.15, 0.2) is 0 Å². The molecule has 0 aromatic rings. The second kappa shape index (κ2) is 7.99. The lowest BCUT2D eigenvalue weighted by molar-refractivity contribution is -0.192. The monoisotopic (exact) mass is 402 g/mol. The fourth-order valence-electron chi connectivity index (χ4n) is 3.35. The van der Waals surface area contributed by atoms with E-state index < -0.39 is 22.2 Å². The molecule has 0 unspecified atom stereocenters. The summed E-state index contributed by atoms with van der Waals surface area (Å²) < 4.78 is 64.0. The summed E-state index contributed by atoms with van der Waals surface area (Å²) in [5, 5.41) is 7.04. The maximum Gasteiger partial charge on any atom is 0.490 e. The minimum absolute atomic E-state index is 0.0846. The van der Waals surface area contributed by atoms with Crippen LogP contribution in [0.15, 0.2) is 0 Å². The Balaban J connectivity index is 0.000000298. The number of hydrogen-bond acceptors (Lipinski definition) is 5. The van der Waals surface area contributed by atoms with Crippen molar-refractivity contribution in [2.75, 3.05) is 40.3 Å². The van der Waals surface area contributed by atoms with Crippen molar-refractivity contribution < 1.29 is 36.2 Å². The molecular weight excluding hydrogens is 377 g/mol. The number of alkyl halides is 3. The first kappa shape index (κ1) is 21.4. The van der Waals surface area contributed by atoms with Crippen molar-refractivity contribution in [3.63, 3.8) is 0 Å². The van der Waals surface area contributed by atoms with E-state index in [4.69, 9.17) is 14.6 Å². The van der Waals surface area contributed by atoms with Gasteiger partial charge in [-0.3, -0.25) is 0 Å². The molecule has 1 aliphatic carbocycles. The first-order chi connectivity index (χ1) is 11.9. The van der Waals surface area contributed by atoms with E-state index in [0.29, 0.717) is 24.9 Å². The lowest BCUT2D eigenvalue weighted by atomic mass is 9.85. The minimum atomic E-state index is -5.08. The topological polar surface area (TPSA) is 87.2 Å². The lowest BCUT2D eigenvalue weighted by Crippen LogP contribution is -2.47. The van der Waals surface area contributed by atoms with E-state index in [1.807, 2.05) is 14.1 Å². The van der Waals surface area contributed by atoms with Crippen LogP contribution in [0, 0.1) is 11.8 Å². The molecule has 0 aromatic heterocycles. The Kier molecular flexibility index (Phi) is 6.57. The Morgan fingerprint density at radius 2 is 1.85 bits per heavy atom. The van der Waals surface area contributed by atoms with Crippen LogP contribution >= 0.6 is 0 Å². The number of carbonyl (C=O) groups is 1. The average Bonchev–Trinajstić information content (AvgIpc) is 3.30. The van der Waals surface area contributed by atoms with Crippen LogP contribution in [0.1, 0.15) is 19.3 Å². The first-order valence-electron chi connectivity index (χ1n) is 8.48. The molecule has 1 saturated carbocycles. The van der Waals surface area contributed by atoms with E-state index in [-0.39, 0.29) is 11.4 Å².